The zero-order valence-electron chi connectivity index (χ0n) is 45.7. The minimum absolute atomic E-state index is 0.104. The number of fused-ring (bicyclic) bond motifs is 5. The maximum atomic E-state index is 13.5. The number of aromatic nitrogens is 5. The smallest absolute Gasteiger partial charge is 0.150 e. The van der Waals surface area contributed by atoms with Crippen LogP contribution in [-0.2, 0) is 35.2 Å². The van der Waals surface area contributed by atoms with Crippen molar-refractivity contribution in [2.75, 3.05) is 0 Å². The Balaban J connectivity index is 0.000000418. The number of hydrogen-bond donors (Lipinski definition) is 0. The van der Waals surface area contributed by atoms with E-state index >= 15 is 0 Å². The van der Waals surface area contributed by atoms with Crippen LogP contribution in [0.4, 0.5) is 22.0 Å². The van der Waals surface area contributed by atoms with Gasteiger partial charge in [0.2, 0.25) is 0 Å². The second-order valence-corrected chi connectivity index (χ2v) is 15.4. The van der Waals surface area contributed by atoms with Gasteiger partial charge in [0.25, 0.3) is 0 Å². The van der Waals surface area contributed by atoms with Crippen LogP contribution in [0.3, 0.4) is 0 Å². The fourth-order valence-electron chi connectivity index (χ4n) is 7.25. The first-order chi connectivity index (χ1) is 33.4. The normalized spacial score (nSPS) is 9.79. The molecule has 0 aliphatic rings. The topological polar surface area (TPSA) is 24.6 Å². The van der Waals surface area contributed by atoms with Gasteiger partial charge in [-0.1, -0.05) is 87.4 Å². The summed E-state index contributed by atoms with van der Waals surface area (Å²) in [7, 11) is 9.45. The van der Waals surface area contributed by atoms with Crippen molar-refractivity contribution in [2.45, 2.75) is 104 Å². The molecule has 10 aromatic rings. The molecule has 0 fully saturated rings. The second kappa shape index (κ2) is 30.1. The zero-order valence-corrected chi connectivity index (χ0v) is 45.7. The summed E-state index contributed by atoms with van der Waals surface area (Å²) >= 11 is 0. The van der Waals surface area contributed by atoms with Crippen LogP contribution in [0.15, 0.2) is 122 Å². The minimum atomic E-state index is -0.141. The predicted octanol–water partition coefficient (Wildman–Crippen LogP) is 18.3. The van der Waals surface area contributed by atoms with E-state index < -0.39 is 0 Å². The molecule has 5 nitrogen and oxygen atoms in total. The lowest BCUT2D eigenvalue weighted by molar-refractivity contribution is 0.619. The average molecular weight is 966 g/mol. The molecule has 0 aliphatic carbocycles. The Hall–Kier alpha value is -6.55. The van der Waals surface area contributed by atoms with Crippen molar-refractivity contribution < 1.29 is 22.0 Å². The van der Waals surface area contributed by atoms with E-state index in [1.165, 1.54) is 0 Å². The Kier molecular flexibility index (Phi) is 26.5. The molecule has 380 valence electrons. The molecule has 0 N–H and O–H groups in total. The average Bonchev–Trinajstić information content (AvgIpc) is 4.21. The van der Waals surface area contributed by atoms with Crippen LogP contribution in [0.5, 0.6) is 0 Å². The summed E-state index contributed by atoms with van der Waals surface area (Å²) in [6.07, 6.45) is 9.41. The number of aryl methyl sites for hydroxylation is 10. The van der Waals surface area contributed by atoms with E-state index in [0.717, 1.165) is 43.8 Å². The molecule has 10 rings (SSSR count). The van der Waals surface area contributed by atoms with Crippen molar-refractivity contribution in [3.8, 4) is 0 Å². The molecule has 5 heterocycles. The van der Waals surface area contributed by atoms with Gasteiger partial charge in [0.05, 0.1) is 27.6 Å². The fraction of sp³-hybridized carbons (Fsp3) is 0.333. The van der Waals surface area contributed by atoms with Gasteiger partial charge in [0.1, 0.15) is 29.1 Å². The van der Waals surface area contributed by atoms with Gasteiger partial charge in [0, 0.05) is 93.2 Å². The Morgan fingerprint density at radius 2 is 0.743 bits per heavy atom. The molecule has 0 amide bonds. The van der Waals surface area contributed by atoms with Gasteiger partial charge >= 0.3 is 0 Å². The summed E-state index contributed by atoms with van der Waals surface area (Å²) in [5, 5.41) is 4.42. The molecule has 70 heavy (non-hydrogen) atoms. The molecule has 0 saturated carbocycles. The molecule has 0 saturated heterocycles. The highest BCUT2D eigenvalue weighted by Crippen LogP contribution is 2.24. The van der Waals surface area contributed by atoms with Crippen molar-refractivity contribution in [3.05, 3.63) is 179 Å². The predicted molar refractivity (Wildman–Crippen MR) is 295 cm³/mol. The molecular weight excluding hydrogens is 886 g/mol. The van der Waals surface area contributed by atoms with Crippen molar-refractivity contribution in [2.24, 2.45) is 35.2 Å². The van der Waals surface area contributed by atoms with Gasteiger partial charge in [-0.05, 0) is 135 Å². The Labute approximate surface area is 415 Å². The minimum Gasteiger partial charge on any atom is -0.350 e. The van der Waals surface area contributed by atoms with E-state index in [9.17, 15) is 22.0 Å². The molecule has 10 heteroatoms. The lowest BCUT2D eigenvalue weighted by Gasteiger charge is -2.00. The highest BCUT2D eigenvalue weighted by Gasteiger charge is 2.08. The summed E-state index contributed by atoms with van der Waals surface area (Å²) in [5.41, 5.74) is 8.24. The summed E-state index contributed by atoms with van der Waals surface area (Å²) in [5.74, 6) is -0.625. The number of halogens is 5. The summed E-state index contributed by atoms with van der Waals surface area (Å²) in [6.45, 7) is 29.1. The maximum Gasteiger partial charge on any atom is 0.150 e. The molecule has 0 spiro atoms. The van der Waals surface area contributed by atoms with Crippen molar-refractivity contribution in [1.82, 2.24) is 22.8 Å². The van der Waals surface area contributed by atoms with E-state index in [1.54, 1.807) is 72.4 Å². The number of hydrogen-bond acceptors (Lipinski definition) is 0. The second-order valence-electron chi connectivity index (χ2n) is 15.4. The number of rotatable bonds is 0. The lowest BCUT2D eigenvalue weighted by Crippen LogP contribution is -1.90. The Morgan fingerprint density at radius 3 is 1.36 bits per heavy atom. The first-order valence-electron chi connectivity index (χ1n) is 24.5. The van der Waals surface area contributed by atoms with Crippen LogP contribution in [0.25, 0.3) is 54.5 Å². The van der Waals surface area contributed by atoms with Crippen molar-refractivity contribution in [1.29, 1.82) is 0 Å². The Bertz CT molecular complexity index is 3120. The van der Waals surface area contributed by atoms with Crippen molar-refractivity contribution >= 4 is 54.5 Å². The standard InChI is InChI=1S/5C10H10FN.5C2H6/c1-7-5-8-3-4-12(2)10(8)6-9(7)11;1-7-5-9(11)8-3-4-12(2)10(8)6-7;1-7-5-8-3-4-12(2)10(8)9(11)6-7;1-7-3-4-9-8(10(7)11)5-6-12(9)2;1-7-3-4-8-5-6-12(2)10(8)9(7)11;5*1-2/h5*3-6H,1-2H3;5*1-2H3. The highest BCUT2D eigenvalue weighted by molar-refractivity contribution is 5.84. The van der Waals surface area contributed by atoms with Gasteiger partial charge in [-0.15, -0.1) is 0 Å². The van der Waals surface area contributed by atoms with Crippen molar-refractivity contribution in [3.63, 3.8) is 0 Å². The number of nitrogens with zero attached hydrogens (tertiary/aromatic N) is 5. The molecule has 0 unspecified atom stereocenters. The van der Waals surface area contributed by atoms with Gasteiger partial charge in [-0.3, -0.25) is 0 Å². The van der Waals surface area contributed by atoms with Crippen LogP contribution in [-0.4, -0.2) is 22.8 Å². The van der Waals surface area contributed by atoms with E-state index in [-0.39, 0.29) is 29.1 Å². The third kappa shape index (κ3) is 15.5. The van der Waals surface area contributed by atoms with Gasteiger partial charge < -0.3 is 22.8 Å². The molecular formula is C60H80F5N5. The number of benzene rings is 5. The molecule has 0 radical (unpaired) electrons. The molecule has 5 aromatic carbocycles. The van der Waals surface area contributed by atoms with Gasteiger partial charge in [-0.25, -0.2) is 22.0 Å². The SMILES string of the molecule is CC.CC.CC.CC.CC.Cc1cc(F)c2c(ccn2C)c1.Cc1cc(F)c2ccn(C)c2c1.Cc1cc2ccn(C)c2cc1F.Cc1ccc2c(ccn2C)c1F.Cc1ccc2ccn(C)c2c1F. The largest absolute Gasteiger partial charge is 0.350 e. The summed E-state index contributed by atoms with van der Waals surface area (Å²) in [4.78, 5) is 0. The lowest BCUT2D eigenvalue weighted by atomic mass is 10.1. The maximum absolute atomic E-state index is 13.5. The first-order valence-corrected chi connectivity index (χ1v) is 24.5. The quantitative estimate of drug-likeness (QED) is 0.135. The van der Waals surface area contributed by atoms with Crippen LogP contribution < -0.4 is 0 Å². The third-order valence-electron chi connectivity index (χ3n) is 10.7. The molecule has 0 bridgehead atoms. The van der Waals surface area contributed by atoms with E-state index in [2.05, 4.69) is 0 Å². The van der Waals surface area contributed by atoms with E-state index in [0.29, 0.717) is 38.5 Å². The molecule has 0 atom stereocenters. The van der Waals surface area contributed by atoms with Crippen LogP contribution in [0.1, 0.15) is 97.1 Å². The fourth-order valence-corrected chi connectivity index (χ4v) is 7.25. The van der Waals surface area contributed by atoms with E-state index in [4.69, 9.17) is 0 Å². The van der Waals surface area contributed by atoms with E-state index in [1.807, 2.05) is 212 Å². The van der Waals surface area contributed by atoms with Crippen LogP contribution in [0.2, 0.25) is 0 Å². The van der Waals surface area contributed by atoms with Crippen LogP contribution in [0, 0.1) is 63.7 Å². The summed E-state index contributed by atoms with van der Waals surface area (Å²) < 4.78 is 75.9. The molecule has 0 aliphatic heterocycles. The van der Waals surface area contributed by atoms with Gasteiger partial charge in [0.15, 0.2) is 0 Å². The highest BCUT2D eigenvalue weighted by atomic mass is 19.1. The van der Waals surface area contributed by atoms with Crippen LogP contribution >= 0.6 is 0 Å². The third-order valence-corrected chi connectivity index (χ3v) is 10.7. The molecule has 5 aromatic heterocycles. The Morgan fingerprint density at radius 1 is 0.300 bits per heavy atom. The zero-order chi connectivity index (χ0) is 53.6. The first kappa shape index (κ1) is 61.5. The monoisotopic (exact) mass is 966 g/mol. The summed E-state index contributed by atoms with van der Waals surface area (Å²) in [6, 6.07) is 27.4. The van der Waals surface area contributed by atoms with Gasteiger partial charge in [-0.2, -0.15) is 0 Å².